The summed E-state index contributed by atoms with van der Waals surface area (Å²) < 4.78 is 0. The molecule has 0 bridgehead atoms. The number of hydrogen-bond acceptors (Lipinski definition) is 3. The van der Waals surface area contributed by atoms with E-state index in [1.807, 2.05) is 63.2 Å². The van der Waals surface area contributed by atoms with Crippen LogP contribution in [0.3, 0.4) is 0 Å². The summed E-state index contributed by atoms with van der Waals surface area (Å²) in [6.45, 7) is 6.00. The highest BCUT2D eigenvalue weighted by molar-refractivity contribution is 6.36. The third kappa shape index (κ3) is 2.60. The van der Waals surface area contributed by atoms with Gasteiger partial charge in [0.25, 0.3) is 11.8 Å². The van der Waals surface area contributed by atoms with Crippen LogP contribution in [0, 0.1) is 20.8 Å². The number of benzene rings is 2. The Morgan fingerprint density at radius 3 is 2.21 bits per heavy atom. The van der Waals surface area contributed by atoms with Crippen molar-refractivity contribution in [3.63, 3.8) is 0 Å². The van der Waals surface area contributed by atoms with Crippen LogP contribution in [-0.2, 0) is 9.59 Å². The van der Waals surface area contributed by atoms with E-state index < -0.39 is 0 Å². The van der Waals surface area contributed by atoms with E-state index >= 15 is 0 Å². The van der Waals surface area contributed by atoms with Gasteiger partial charge in [0.15, 0.2) is 0 Å². The van der Waals surface area contributed by atoms with Crippen molar-refractivity contribution in [3.8, 4) is 0 Å². The van der Waals surface area contributed by atoms with Gasteiger partial charge in [0.05, 0.1) is 5.57 Å². The molecule has 0 radical (unpaired) electrons. The van der Waals surface area contributed by atoms with Crippen LogP contribution in [0.2, 0.25) is 0 Å². The quantitative estimate of drug-likeness (QED) is 0.882. The summed E-state index contributed by atoms with van der Waals surface area (Å²) in [6.07, 6.45) is 0. The number of nitrogens with zero attached hydrogens (tertiary/aromatic N) is 1. The Kier molecular flexibility index (Phi) is 3.97. The number of imide groups is 1. The molecule has 1 aliphatic rings. The van der Waals surface area contributed by atoms with E-state index in [-0.39, 0.29) is 11.8 Å². The average Bonchev–Trinajstić information content (AvgIpc) is 2.77. The average molecular weight is 320 g/mol. The lowest BCUT2D eigenvalue weighted by Crippen LogP contribution is -2.28. The minimum absolute atomic E-state index is 0.281. The Labute approximate surface area is 141 Å². The maximum Gasteiger partial charge on any atom is 0.277 e. The molecule has 4 nitrogen and oxygen atoms in total. The number of carbonyl (C=O) groups is 2. The highest BCUT2D eigenvalue weighted by Gasteiger charge is 2.36. The van der Waals surface area contributed by atoms with E-state index in [2.05, 4.69) is 5.32 Å². The molecule has 1 N–H and O–H groups in total. The van der Waals surface area contributed by atoms with Gasteiger partial charge < -0.3 is 5.32 Å². The van der Waals surface area contributed by atoms with Gasteiger partial charge in [-0.2, -0.15) is 0 Å². The predicted octanol–water partition coefficient (Wildman–Crippen LogP) is 3.43. The molecule has 0 atom stereocenters. The first-order chi connectivity index (χ1) is 11.4. The van der Waals surface area contributed by atoms with Crippen LogP contribution in [0.5, 0.6) is 0 Å². The molecule has 1 heterocycles. The maximum absolute atomic E-state index is 12.6. The van der Waals surface area contributed by atoms with E-state index in [0.717, 1.165) is 32.8 Å². The second-order valence-electron chi connectivity index (χ2n) is 6.16. The molecule has 24 heavy (non-hydrogen) atoms. The highest BCUT2D eigenvalue weighted by atomic mass is 16.2. The third-order valence-electron chi connectivity index (χ3n) is 4.49. The first-order valence-corrected chi connectivity index (χ1v) is 7.87. The Bertz CT molecular complexity index is 864. The number of nitrogens with one attached hydrogen (secondary N) is 1. The molecule has 3 rings (SSSR count). The van der Waals surface area contributed by atoms with Crippen molar-refractivity contribution in [2.75, 3.05) is 12.4 Å². The van der Waals surface area contributed by atoms with Crippen molar-refractivity contribution in [2.45, 2.75) is 20.8 Å². The molecule has 0 unspecified atom stereocenters. The summed E-state index contributed by atoms with van der Waals surface area (Å²) in [5.74, 6) is -0.590. The van der Waals surface area contributed by atoms with Gasteiger partial charge >= 0.3 is 0 Å². The van der Waals surface area contributed by atoms with Crippen LogP contribution in [0.25, 0.3) is 5.57 Å². The zero-order chi connectivity index (χ0) is 17.4. The van der Waals surface area contributed by atoms with Crippen molar-refractivity contribution >= 4 is 23.1 Å². The molecule has 0 saturated heterocycles. The van der Waals surface area contributed by atoms with Crippen LogP contribution in [-0.4, -0.2) is 23.8 Å². The van der Waals surface area contributed by atoms with Crippen molar-refractivity contribution in [1.29, 1.82) is 0 Å². The minimum atomic E-state index is -0.309. The summed E-state index contributed by atoms with van der Waals surface area (Å²) in [4.78, 5) is 26.3. The summed E-state index contributed by atoms with van der Waals surface area (Å²) in [5, 5.41) is 3.19. The van der Waals surface area contributed by atoms with Gasteiger partial charge in [-0.05, 0) is 43.5 Å². The molecular weight excluding hydrogens is 300 g/mol. The van der Waals surface area contributed by atoms with E-state index in [4.69, 9.17) is 0 Å². The fourth-order valence-electron chi connectivity index (χ4n) is 2.77. The van der Waals surface area contributed by atoms with Gasteiger partial charge in [-0.15, -0.1) is 0 Å². The van der Waals surface area contributed by atoms with Crippen molar-refractivity contribution in [2.24, 2.45) is 0 Å². The van der Waals surface area contributed by atoms with Gasteiger partial charge in [-0.25, -0.2) is 0 Å². The minimum Gasteiger partial charge on any atom is -0.350 e. The highest BCUT2D eigenvalue weighted by Crippen LogP contribution is 2.31. The zero-order valence-electron chi connectivity index (χ0n) is 14.3. The SMILES string of the molecule is Cc1ccc(C2=C(Nc3cccc(C)c3C)C(=O)N(C)C2=O)cc1. The van der Waals surface area contributed by atoms with Crippen LogP contribution in [0.4, 0.5) is 5.69 Å². The Balaban J connectivity index is 2.12. The lowest BCUT2D eigenvalue weighted by atomic mass is 10.0. The van der Waals surface area contributed by atoms with E-state index in [1.54, 1.807) is 0 Å². The summed E-state index contributed by atoms with van der Waals surface area (Å²) >= 11 is 0. The molecule has 1 aliphatic heterocycles. The smallest absolute Gasteiger partial charge is 0.277 e. The predicted molar refractivity (Wildman–Crippen MR) is 95.4 cm³/mol. The zero-order valence-corrected chi connectivity index (χ0v) is 14.3. The normalized spacial score (nSPS) is 14.6. The van der Waals surface area contributed by atoms with E-state index in [1.165, 1.54) is 7.05 Å². The molecule has 0 aliphatic carbocycles. The fourth-order valence-corrected chi connectivity index (χ4v) is 2.77. The topological polar surface area (TPSA) is 49.4 Å². The molecular formula is C20H20N2O2. The number of hydrogen-bond donors (Lipinski definition) is 1. The second kappa shape index (κ2) is 5.96. The number of anilines is 1. The monoisotopic (exact) mass is 320 g/mol. The van der Waals surface area contributed by atoms with Crippen LogP contribution in [0.1, 0.15) is 22.3 Å². The molecule has 0 fully saturated rings. The van der Waals surface area contributed by atoms with Crippen LogP contribution in [0.15, 0.2) is 48.2 Å². The molecule has 2 aromatic rings. The first-order valence-electron chi connectivity index (χ1n) is 7.87. The number of carbonyl (C=O) groups excluding carboxylic acids is 2. The fraction of sp³-hybridized carbons (Fsp3) is 0.200. The lowest BCUT2D eigenvalue weighted by Gasteiger charge is -2.13. The van der Waals surface area contributed by atoms with Crippen molar-refractivity contribution in [3.05, 3.63) is 70.4 Å². The summed E-state index contributed by atoms with van der Waals surface area (Å²) in [6, 6.07) is 13.5. The van der Waals surface area contributed by atoms with Gasteiger partial charge in [0.2, 0.25) is 0 Å². The van der Waals surface area contributed by atoms with E-state index in [0.29, 0.717) is 11.3 Å². The standard InChI is InChI=1S/C20H20N2O2/c1-12-8-10-15(11-9-12)17-18(20(24)22(4)19(17)23)21-16-7-5-6-13(2)14(16)3/h5-11,21H,1-4H3. The Morgan fingerprint density at radius 1 is 0.875 bits per heavy atom. The summed E-state index contributed by atoms with van der Waals surface area (Å²) in [5.41, 5.74) is 5.63. The molecule has 2 aromatic carbocycles. The molecule has 0 spiro atoms. The van der Waals surface area contributed by atoms with Gasteiger partial charge in [0.1, 0.15) is 5.70 Å². The first kappa shape index (κ1) is 16.0. The number of aryl methyl sites for hydroxylation is 2. The van der Waals surface area contributed by atoms with Gasteiger partial charge in [-0.3, -0.25) is 14.5 Å². The van der Waals surface area contributed by atoms with Crippen molar-refractivity contribution in [1.82, 2.24) is 4.90 Å². The summed E-state index contributed by atoms with van der Waals surface area (Å²) in [7, 11) is 1.51. The van der Waals surface area contributed by atoms with Crippen molar-refractivity contribution < 1.29 is 9.59 Å². The molecule has 0 saturated carbocycles. The van der Waals surface area contributed by atoms with Crippen LogP contribution < -0.4 is 5.32 Å². The molecule has 0 aromatic heterocycles. The second-order valence-corrected chi connectivity index (χ2v) is 6.16. The number of likely N-dealkylation sites (N-methyl/N-ethyl adjacent to an activating group) is 1. The largest absolute Gasteiger partial charge is 0.350 e. The van der Waals surface area contributed by atoms with Crippen LogP contribution >= 0.6 is 0 Å². The maximum atomic E-state index is 12.6. The third-order valence-corrected chi connectivity index (χ3v) is 4.49. The Morgan fingerprint density at radius 2 is 1.54 bits per heavy atom. The lowest BCUT2D eigenvalue weighted by molar-refractivity contribution is -0.135. The molecule has 4 heteroatoms. The molecule has 122 valence electrons. The molecule has 2 amide bonds. The van der Waals surface area contributed by atoms with Gasteiger partial charge in [0, 0.05) is 12.7 Å². The number of rotatable bonds is 3. The Hall–Kier alpha value is -2.88. The van der Waals surface area contributed by atoms with E-state index in [9.17, 15) is 9.59 Å². The van der Waals surface area contributed by atoms with Gasteiger partial charge in [-0.1, -0.05) is 42.0 Å². The number of amides is 2.